The predicted molar refractivity (Wildman–Crippen MR) is 154 cm³/mol. The first-order chi connectivity index (χ1) is 20.1. The molecule has 0 radical (unpaired) electrons. The fourth-order valence-electron chi connectivity index (χ4n) is 5.44. The first-order valence-corrected chi connectivity index (χ1v) is 13.4. The van der Waals surface area contributed by atoms with Gasteiger partial charge < -0.3 is 18.8 Å². The Morgan fingerprint density at radius 1 is 1.00 bits per heavy atom. The van der Waals surface area contributed by atoms with Gasteiger partial charge in [-0.1, -0.05) is 42.5 Å². The summed E-state index contributed by atoms with van der Waals surface area (Å²) in [4.78, 5) is 30.9. The van der Waals surface area contributed by atoms with Gasteiger partial charge in [0, 0.05) is 31.9 Å². The van der Waals surface area contributed by atoms with Crippen LogP contribution in [0.3, 0.4) is 0 Å². The van der Waals surface area contributed by atoms with Crippen LogP contribution in [0, 0.1) is 11.3 Å². The summed E-state index contributed by atoms with van der Waals surface area (Å²) in [6, 6.07) is 26.5. The lowest BCUT2D eigenvalue weighted by Gasteiger charge is -2.35. The molecule has 4 aromatic rings. The smallest absolute Gasteiger partial charge is 0.344 e. The first-order valence-electron chi connectivity index (χ1n) is 13.4. The molecule has 41 heavy (non-hydrogen) atoms. The molecule has 206 valence electrons. The maximum atomic E-state index is 13.3. The number of nitriles is 1. The van der Waals surface area contributed by atoms with Gasteiger partial charge in [-0.15, -0.1) is 0 Å². The monoisotopic (exact) mass is 548 g/mol. The van der Waals surface area contributed by atoms with Crippen LogP contribution in [0.4, 0.5) is 5.69 Å². The zero-order valence-corrected chi connectivity index (χ0v) is 22.5. The molecule has 3 aromatic carbocycles. The van der Waals surface area contributed by atoms with Crippen molar-refractivity contribution >= 4 is 22.6 Å². The number of hydrogen-bond donors (Lipinski definition) is 1. The molecule has 0 bridgehead atoms. The highest BCUT2D eigenvalue weighted by Crippen LogP contribution is 2.44. The summed E-state index contributed by atoms with van der Waals surface area (Å²) in [6.07, 6.45) is 0. The minimum Gasteiger partial charge on any atom is -0.497 e. The lowest BCUT2D eigenvalue weighted by Crippen LogP contribution is -2.49. The fraction of sp³-hybridized carbons (Fsp3) is 0.219. The van der Waals surface area contributed by atoms with E-state index >= 15 is 0 Å². The van der Waals surface area contributed by atoms with E-state index < -0.39 is 11.5 Å². The van der Waals surface area contributed by atoms with Gasteiger partial charge in [0.15, 0.2) is 5.75 Å². The number of rotatable bonds is 6. The highest BCUT2D eigenvalue weighted by Gasteiger charge is 2.37. The highest BCUT2D eigenvalue weighted by molar-refractivity contribution is 5.87. The number of hydrogen-bond acceptors (Lipinski definition) is 8. The van der Waals surface area contributed by atoms with Gasteiger partial charge in [-0.25, -0.2) is 4.79 Å². The third kappa shape index (κ3) is 5.13. The molecule has 9 nitrogen and oxygen atoms in total. The van der Waals surface area contributed by atoms with E-state index in [2.05, 4.69) is 33.3 Å². The van der Waals surface area contributed by atoms with Crippen molar-refractivity contribution in [3.05, 3.63) is 112 Å². The first kappa shape index (κ1) is 26.2. The van der Waals surface area contributed by atoms with Crippen LogP contribution in [-0.2, 0) is 4.79 Å². The molecule has 2 aliphatic rings. The van der Waals surface area contributed by atoms with Crippen LogP contribution in [0.1, 0.15) is 17.0 Å². The van der Waals surface area contributed by atoms with Crippen molar-refractivity contribution in [2.75, 3.05) is 44.7 Å². The van der Waals surface area contributed by atoms with E-state index in [0.29, 0.717) is 22.3 Å². The molecule has 1 fully saturated rings. The Morgan fingerprint density at radius 3 is 2.41 bits per heavy atom. The van der Waals surface area contributed by atoms with Gasteiger partial charge in [0.2, 0.25) is 11.8 Å². The van der Waals surface area contributed by atoms with Gasteiger partial charge in [-0.05, 0) is 42.0 Å². The van der Waals surface area contributed by atoms with Gasteiger partial charge in [0.1, 0.15) is 23.0 Å². The summed E-state index contributed by atoms with van der Waals surface area (Å²) >= 11 is 0. The predicted octanol–water partition coefficient (Wildman–Crippen LogP) is 4.00. The second-order valence-electron chi connectivity index (χ2n) is 9.94. The maximum absolute atomic E-state index is 13.3. The lowest BCUT2D eigenvalue weighted by atomic mass is 9.83. The molecular formula is C32H28N4O5. The molecule has 1 atom stereocenters. The maximum Gasteiger partial charge on any atom is 0.344 e. The van der Waals surface area contributed by atoms with Crippen LogP contribution >= 0.6 is 0 Å². The minimum atomic E-state index is -0.805. The Kier molecular flexibility index (Phi) is 7.15. The number of benzene rings is 3. The van der Waals surface area contributed by atoms with E-state index in [0.717, 1.165) is 31.9 Å². The van der Waals surface area contributed by atoms with Crippen molar-refractivity contribution in [2.24, 2.45) is 0 Å². The average molecular weight is 549 g/mol. The normalized spacial score (nSPS) is 17.0. The Morgan fingerprint density at radius 2 is 1.71 bits per heavy atom. The molecule has 9 heteroatoms. The zero-order chi connectivity index (χ0) is 28.3. The molecule has 3 heterocycles. The van der Waals surface area contributed by atoms with E-state index in [1.807, 2.05) is 24.3 Å². The number of amides is 1. The number of methoxy groups -OCH3 is 1. The third-order valence-corrected chi connectivity index (χ3v) is 7.51. The SMILES string of the molecule is COc1ccc(C2C(C#N)=C(NC(=O)CN3CCN(c4ccccc4)CC3)Oc3c2c(=O)oc2ccccc32)cc1. The summed E-state index contributed by atoms with van der Waals surface area (Å²) < 4.78 is 17.1. The minimum absolute atomic E-state index is 0.0180. The Labute approximate surface area is 236 Å². The van der Waals surface area contributed by atoms with E-state index in [9.17, 15) is 14.9 Å². The highest BCUT2D eigenvalue weighted by atomic mass is 16.5. The van der Waals surface area contributed by atoms with Crippen LogP contribution in [0.15, 0.2) is 99.5 Å². The van der Waals surface area contributed by atoms with Crippen molar-refractivity contribution in [3.8, 4) is 17.6 Å². The molecule has 1 amide bonds. The molecule has 2 aliphatic heterocycles. The van der Waals surface area contributed by atoms with E-state index in [4.69, 9.17) is 13.9 Å². The summed E-state index contributed by atoms with van der Waals surface area (Å²) in [6.45, 7) is 3.18. The van der Waals surface area contributed by atoms with Crippen molar-refractivity contribution in [1.82, 2.24) is 10.2 Å². The largest absolute Gasteiger partial charge is 0.497 e. The fourth-order valence-corrected chi connectivity index (χ4v) is 5.44. The number of carbonyl (C=O) groups excluding carboxylic acids is 1. The van der Waals surface area contributed by atoms with Crippen LogP contribution < -0.4 is 25.3 Å². The van der Waals surface area contributed by atoms with Gasteiger partial charge in [0.25, 0.3) is 0 Å². The summed E-state index contributed by atoms with van der Waals surface area (Å²) in [5.41, 5.74) is 1.91. The summed E-state index contributed by atoms with van der Waals surface area (Å²) in [5.74, 6) is -0.187. The van der Waals surface area contributed by atoms with Crippen molar-refractivity contribution < 1.29 is 18.7 Å². The summed E-state index contributed by atoms with van der Waals surface area (Å²) in [5, 5.41) is 13.7. The van der Waals surface area contributed by atoms with Crippen LogP contribution in [-0.4, -0.2) is 50.6 Å². The number of nitrogens with one attached hydrogen (secondary N) is 1. The van der Waals surface area contributed by atoms with Crippen molar-refractivity contribution in [2.45, 2.75) is 5.92 Å². The molecule has 1 unspecified atom stereocenters. The number of fused-ring (bicyclic) bond motifs is 3. The quantitative estimate of drug-likeness (QED) is 0.361. The van der Waals surface area contributed by atoms with E-state index in [-0.39, 0.29) is 35.2 Å². The number of carbonyl (C=O) groups is 1. The van der Waals surface area contributed by atoms with Crippen LogP contribution in [0.2, 0.25) is 0 Å². The third-order valence-electron chi connectivity index (χ3n) is 7.51. The topological polar surface area (TPSA) is 108 Å². The Bertz CT molecular complexity index is 1720. The van der Waals surface area contributed by atoms with Crippen molar-refractivity contribution in [1.29, 1.82) is 5.26 Å². The zero-order valence-electron chi connectivity index (χ0n) is 22.5. The molecule has 1 N–H and O–H groups in total. The molecule has 0 spiro atoms. The van der Waals surface area contributed by atoms with Crippen LogP contribution in [0.5, 0.6) is 11.5 Å². The molecular weight excluding hydrogens is 520 g/mol. The average Bonchev–Trinajstić information content (AvgIpc) is 3.01. The van der Waals surface area contributed by atoms with E-state index in [1.54, 1.807) is 49.6 Å². The molecule has 6 rings (SSSR count). The number of anilines is 1. The summed E-state index contributed by atoms with van der Waals surface area (Å²) in [7, 11) is 1.56. The molecule has 1 aromatic heterocycles. The van der Waals surface area contributed by atoms with Crippen LogP contribution in [0.25, 0.3) is 11.0 Å². The number of ether oxygens (including phenoxy) is 2. The molecule has 0 saturated carbocycles. The standard InChI is InChI=1S/C32H28N4O5/c1-39-23-13-11-21(12-14-23)28-25(19-33)31(41-30-24-9-5-6-10-26(24)40-32(38)29(28)30)34-27(37)20-35-15-17-36(18-16-35)22-7-3-2-4-8-22/h2-14,28H,15-18,20H2,1H3,(H,34,37). The molecule has 0 aliphatic carbocycles. The van der Waals surface area contributed by atoms with Gasteiger partial charge in [0.05, 0.1) is 30.5 Å². The van der Waals surface area contributed by atoms with E-state index in [1.165, 1.54) is 0 Å². The number of allylic oxidation sites excluding steroid dienone is 1. The number of para-hydroxylation sites is 2. The van der Waals surface area contributed by atoms with Gasteiger partial charge >= 0.3 is 5.63 Å². The van der Waals surface area contributed by atoms with Gasteiger partial charge in [-0.3, -0.25) is 15.0 Å². The van der Waals surface area contributed by atoms with Gasteiger partial charge in [-0.2, -0.15) is 5.26 Å². The second kappa shape index (κ2) is 11.2. The van der Waals surface area contributed by atoms with Crippen molar-refractivity contribution in [3.63, 3.8) is 0 Å². The Hall–Kier alpha value is -5.07. The second-order valence-corrected chi connectivity index (χ2v) is 9.94. The lowest BCUT2D eigenvalue weighted by molar-refractivity contribution is -0.122. The number of piperazine rings is 1. The number of nitrogens with zero attached hydrogens (tertiary/aromatic N) is 3. The molecule has 1 saturated heterocycles. The Balaban J connectivity index is 1.29.